The first kappa shape index (κ1) is 11.0. The second-order valence-corrected chi connectivity index (χ2v) is 5.82. The molecule has 1 N–H and O–H groups in total. The van der Waals surface area contributed by atoms with Crippen molar-refractivity contribution in [1.29, 1.82) is 0 Å². The van der Waals surface area contributed by atoms with Gasteiger partial charge >= 0.3 is 5.97 Å². The summed E-state index contributed by atoms with van der Waals surface area (Å²) in [7, 11) is -3.12. The first-order chi connectivity index (χ1) is 7.37. The van der Waals surface area contributed by atoms with E-state index in [1.165, 1.54) is 0 Å². The lowest BCUT2D eigenvalue weighted by atomic mass is 10.2. The van der Waals surface area contributed by atoms with Crippen molar-refractivity contribution in [1.82, 2.24) is 9.97 Å². The SMILES string of the molecule is Cc1nc(CC(=O)O)nc2c1CS(=O)(=O)C2. The van der Waals surface area contributed by atoms with Crippen LogP contribution in [0.15, 0.2) is 0 Å². The molecular formula is C9H10N2O4S. The highest BCUT2D eigenvalue weighted by Crippen LogP contribution is 2.25. The lowest BCUT2D eigenvalue weighted by molar-refractivity contribution is -0.136. The number of sulfone groups is 1. The molecule has 1 aromatic heterocycles. The topological polar surface area (TPSA) is 97.2 Å². The third-order valence-corrected chi connectivity index (χ3v) is 3.82. The molecule has 0 aromatic carbocycles. The van der Waals surface area contributed by atoms with E-state index >= 15 is 0 Å². The number of aromatic nitrogens is 2. The fraction of sp³-hybridized carbons (Fsp3) is 0.444. The molecule has 1 aliphatic heterocycles. The molecule has 0 saturated carbocycles. The van der Waals surface area contributed by atoms with Crippen molar-refractivity contribution in [2.24, 2.45) is 0 Å². The lowest BCUT2D eigenvalue weighted by Crippen LogP contribution is -2.08. The van der Waals surface area contributed by atoms with Crippen molar-refractivity contribution < 1.29 is 18.3 Å². The molecule has 0 radical (unpaired) electrons. The molecule has 1 aromatic rings. The van der Waals surface area contributed by atoms with E-state index in [9.17, 15) is 13.2 Å². The summed E-state index contributed by atoms with van der Waals surface area (Å²) in [4.78, 5) is 18.5. The van der Waals surface area contributed by atoms with Gasteiger partial charge in [0.05, 0.1) is 17.2 Å². The van der Waals surface area contributed by atoms with Gasteiger partial charge in [-0.1, -0.05) is 0 Å². The number of hydrogen-bond acceptors (Lipinski definition) is 5. The Kier molecular flexibility index (Phi) is 2.42. The first-order valence-corrected chi connectivity index (χ1v) is 6.47. The van der Waals surface area contributed by atoms with Crippen LogP contribution < -0.4 is 0 Å². The number of hydrogen-bond donors (Lipinski definition) is 1. The van der Waals surface area contributed by atoms with Gasteiger partial charge in [-0.05, 0) is 6.92 Å². The molecule has 0 spiro atoms. The Morgan fingerprint density at radius 1 is 1.38 bits per heavy atom. The number of nitrogens with zero attached hydrogens (tertiary/aromatic N) is 2. The number of fused-ring (bicyclic) bond motifs is 1. The summed E-state index contributed by atoms with van der Waals surface area (Å²) >= 11 is 0. The summed E-state index contributed by atoms with van der Waals surface area (Å²) in [5.41, 5.74) is 1.63. The highest BCUT2D eigenvalue weighted by Gasteiger charge is 2.28. The number of aliphatic carboxylic acids is 1. The monoisotopic (exact) mass is 242 g/mol. The van der Waals surface area contributed by atoms with Gasteiger partial charge in [-0.25, -0.2) is 18.4 Å². The summed E-state index contributed by atoms with van der Waals surface area (Å²) in [6.07, 6.45) is -0.284. The zero-order valence-corrected chi connectivity index (χ0v) is 9.41. The smallest absolute Gasteiger partial charge is 0.311 e. The van der Waals surface area contributed by atoms with Crippen LogP contribution in [0.25, 0.3) is 0 Å². The number of carbonyl (C=O) groups is 1. The number of aryl methyl sites for hydroxylation is 1. The van der Waals surface area contributed by atoms with Gasteiger partial charge in [0, 0.05) is 11.3 Å². The van der Waals surface area contributed by atoms with E-state index in [-0.39, 0.29) is 23.8 Å². The summed E-state index contributed by atoms with van der Waals surface area (Å²) in [5, 5.41) is 8.61. The predicted molar refractivity (Wildman–Crippen MR) is 54.4 cm³/mol. The minimum atomic E-state index is -3.12. The quantitative estimate of drug-likeness (QED) is 0.774. The Labute approximate surface area is 92.3 Å². The number of carboxylic acids is 1. The molecule has 0 amide bonds. The Balaban J connectivity index is 2.45. The molecule has 0 unspecified atom stereocenters. The molecule has 6 nitrogen and oxygen atoms in total. The fourth-order valence-electron chi connectivity index (χ4n) is 1.72. The Morgan fingerprint density at radius 3 is 2.69 bits per heavy atom. The van der Waals surface area contributed by atoms with Gasteiger partial charge in [0.15, 0.2) is 9.84 Å². The maximum atomic E-state index is 11.4. The van der Waals surface area contributed by atoms with E-state index in [1.54, 1.807) is 6.92 Å². The normalized spacial score (nSPS) is 17.1. The Bertz CT molecular complexity index is 565. The van der Waals surface area contributed by atoms with Crippen LogP contribution in [0, 0.1) is 6.92 Å². The lowest BCUT2D eigenvalue weighted by Gasteiger charge is -2.03. The van der Waals surface area contributed by atoms with Crippen molar-refractivity contribution in [2.45, 2.75) is 24.9 Å². The van der Waals surface area contributed by atoms with E-state index in [2.05, 4.69) is 9.97 Å². The van der Waals surface area contributed by atoms with Crippen LogP contribution in [0.1, 0.15) is 22.8 Å². The molecule has 0 fully saturated rings. The molecule has 2 rings (SSSR count). The minimum Gasteiger partial charge on any atom is -0.481 e. The van der Waals surface area contributed by atoms with Crippen LogP contribution in [-0.2, 0) is 32.6 Å². The highest BCUT2D eigenvalue weighted by molar-refractivity contribution is 7.90. The van der Waals surface area contributed by atoms with Gasteiger partial charge in [-0.2, -0.15) is 0 Å². The minimum absolute atomic E-state index is 0.0402. The standard InChI is InChI=1S/C9H10N2O4S/c1-5-6-3-16(14,15)4-7(6)11-8(10-5)2-9(12)13/h2-4H2,1H3,(H,12,13). The second-order valence-electron chi connectivity index (χ2n) is 3.75. The van der Waals surface area contributed by atoms with Gasteiger partial charge in [0.25, 0.3) is 0 Å². The van der Waals surface area contributed by atoms with Crippen molar-refractivity contribution in [3.05, 3.63) is 22.8 Å². The molecular weight excluding hydrogens is 232 g/mol. The Hall–Kier alpha value is -1.50. The van der Waals surface area contributed by atoms with Gasteiger partial charge in [-0.3, -0.25) is 4.79 Å². The second kappa shape index (κ2) is 3.51. The largest absolute Gasteiger partial charge is 0.481 e. The van der Waals surface area contributed by atoms with E-state index < -0.39 is 15.8 Å². The predicted octanol–water partition coefficient (Wildman–Crippen LogP) is -0.159. The molecule has 0 saturated heterocycles. The molecule has 0 aliphatic carbocycles. The molecule has 16 heavy (non-hydrogen) atoms. The van der Waals surface area contributed by atoms with E-state index in [0.29, 0.717) is 17.0 Å². The Morgan fingerprint density at radius 2 is 2.06 bits per heavy atom. The number of rotatable bonds is 2. The maximum Gasteiger partial charge on any atom is 0.311 e. The van der Waals surface area contributed by atoms with Gasteiger partial charge in [0.2, 0.25) is 0 Å². The molecule has 0 atom stereocenters. The third kappa shape index (κ3) is 2.04. The average molecular weight is 242 g/mol. The molecule has 0 bridgehead atoms. The van der Waals surface area contributed by atoms with Crippen molar-refractivity contribution in [2.75, 3.05) is 0 Å². The summed E-state index contributed by atoms with van der Waals surface area (Å²) in [6.45, 7) is 1.67. The molecule has 1 aliphatic rings. The van der Waals surface area contributed by atoms with E-state index in [0.717, 1.165) is 0 Å². The summed E-state index contributed by atoms with van der Waals surface area (Å²) in [5.74, 6) is -1.01. The van der Waals surface area contributed by atoms with E-state index in [4.69, 9.17) is 5.11 Å². The first-order valence-electron chi connectivity index (χ1n) is 4.65. The van der Waals surface area contributed by atoms with Gasteiger partial charge < -0.3 is 5.11 Å². The van der Waals surface area contributed by atoms with Crippen LogP contribution >= 0.6 is 0 Å². The molecule has 7 heteroatoms. The van der Waals surface area contributed by atoms with Gasteiger partial charge in [0.1, 0.15) is 12.2 Å². The van der Waals surface area contributed by atoms with Gasteiger partial charge in [-0.15, -0.1) is 0 Å². The van der Waals surface area contributed by atoms with Crippen molar-refractivity contribution in [3.63, 3.8) is 0 Å². The van der Waals surface area contributed by atoms with Crippen molar-refractivity contribution in [3.8, 4) is 0 Å². The third-order valence-electron chi connectivity index (χ3n) is 2.38. The van der Waals surface area contributed by atoms with Crippen LogP contribution in [-0.4, -0.2) is 29.5 Å². The summed E-state index contributed by atoms with van der Waals surface area (Å²) < 4.78 is 22.8. The maximum absolute atomic E-state index is 11.4. The summed E-state index contributed by atoms with van der Waals surface area (Å²) in [6, 6.07) is 0. The van der Waals surface area contributed by atoms with E-state index in [1.807, 2.05) is 0 Å². The van der Waals surface area contributed by atoms with Crippen LogP contribution in [0.3, 0.4) is 0 Å². The van der Waals surface area contributed by atoms with Crippen molar-refractivity contribution >= 4 is 15.8 Å². The van der Waals surface area contributed by atoms with Crippen LogP contribution in [0.2, 0.25) is 0 Å². The van der Waals surface area contributed by atoms with Crippen LogP contribution in [0.5, 0.6) is 0 Å². The zero-order chi connectivity index (χ0) is 11.9. The average Bonchev–Trinajstić information content (AvgIpc) is 2.38. The molecule has 86 valence electrons. The molecule has 2 heterocycles. The fourth-order valence-corrected chi connectivity index (χ4v) is 3.29. The number of carboxylic acid groups (broad SMARTS) is 1. The highest BCUT2D eigenvalue weighted by atomic mass is 32.2. The van der Waals surface area contributed by atoms with Crippen LogP contribution in [0.4, 0.5) is 0 Å². The zero-order valence-electron chi connectivity index (χ0n) is 8.60.